The summed E-state index contributed by atoms with van der Waals surface area (Å²) < 4.78 is 6.10. The number of thiol groups is 2. The molecule has 126 valence electrons. The molecule has 0 atom stereocenters. The van der Waals surface area contributed by atoms with Gasteiger partial charge in [-0.25, -0.2) is 0 Å². The number of para-hydroxylation sites is 1. The Labute approximate surface area is 160 Å². The summed E-state index contributed by atoms with van der Waals surface area (Å²) in [6.07, 6.45) is 0.951. The van der Waals surface area contributed by atoms with E-state index in [4.69, 9.17) is 30.0 Å². The van der Waals surface area contributed by atoms with Gasteiger partial charge in [-0.3, -0.25) is 0 Å². The average molecular weight is 365 g/mol. The van der Waals surface area contributed by atoms with Gasteiger partial charge in [0.2, 0.25) is 0 Å². The maximum absolute atomic E-state index is 6.10. The van der Waals surface area contributed by atoms with Gasteiger partial charge in [-0.15, -0.1) is 25.3 Å². The predicted octanol–water partition coefficient (Wildman–Crippen LogP) is 6.73. The lowest BCUT2D eigenvalue weighted by Crippen LogP contribution is -1.93. The highest BCUT2D eigenvalue weighted by atomic mass is 32.1. The van der Waals surface area contributed by atoms with Gasteiger partial charge in [0, 0.05) is 15.4 Å². The second-order valence-electron chi connectivity index (χ2n) is 5.66. The molecule has 3 aromatic rings. The molecule has 0 amide bonds. The largest absolute Gasteiger partial charge is 0.457 e. The van der Waals surface area contributed by atoms with Crippen LogP contribution in [0.25, 0.3) is 9.81 Å². The average Bonchev–Trinajstić information content (AvgIpc) is 2.68. The van der Waals surface area contributed by atoms with Crippen molar-refractivity contribution in [1.82, 2.24) is 0 Å². The lowest BCUT2D eigenvalue weighted by Gasteiger charge is -2.15. The number of hydrogen-bond donors (Lipinski definition) is 2. The van der Waals surface area contributed by atoms with Crippen LogP contribution in [-0.4, -0.2) is 0 Å². The zero-order valence-corrected chi connectivity index (χ0v) is 15.8. The van der Waals surface area contributed by atoms with Gasteiger partial charge in [0.1, 0.15) is 11.5 Å². The van der Waals surface area contributed by atoms with Crippen LogP contribution >= 0.6 is 25.3 Å². The van der Waals surface area contributed by atoms with E-state index in [2.05, 4.69) is 19.1 Å². The van der Waals surface area contributed by atoms with Crippen LogP contribution in [0.2, 0.25) is 0 Å². The molecule has 25 heavy (non-hydrogen) atoms. The van der Waals surface area contributed by atoms with Crippen LogP contribution in [0.1, 0.15) is 23.6 Å². The van der Waals surface area contributed by atoms with Crippen molar-refractivity contribution < 1.29 is 4.74 Å². The third-order valence-electron chi connectivity index (χ3n) is 3.95. The minimum Gasteiger partial charge on any atom is -0.457 e. The number of ether oxygens (including phenoxy) is 1. The molecule has 0 aliphatic heterocycles. The first kappa shape index (κ1) is 17.7. The van der Waals surface area contributed by atoms with Crippen LogP contribution < -0.4 is 4.74 Å². The SMILES string of the molecule is CCc1ccc(Oc2ccccc2)c(C(S)=C(S)c2ccccc2)c1. The van der Waals surface area contributed by atoms with E-state index in [0.717, 1.165) is 38.9 Å². The standard InChI is InChI=1S/C22H20OS2/c1-2-16-13-14-20(23-18-11-7-4-8-12-18)19(15-16)22(25)21(24)17-9-5-3-6-10-17/h3-15,24-25H,2H2,1H3. The first-order valence-electron chi connectivity index (χ1n) is 8.23. The number of benzene rings is 3. The molecule has 0 fully saturated rings. The molecule has 3 heteroatoms. The Balaban J connectivity index is 2.07. The summed E-state index contributed by atoms with van der Waals surface area (Å²) in [6.45, 7) is 2.14. The summed E-state index contributed by atoms with van der Waals surface area (Å²) >= 11 is 9.48. The molecule has 0 N–H and O–H groups in total. The molecule has 0 radical (unpaired) electrons. The lowest BCUT2D eigenvalue weighted by atomic mass is 10.1. The fourth-order valence-corrected chi connectivity index (χ4v) is 3.12. The van der Waals surface area contributed by atoms with Crippen molar-refractivity contribution in [1.29, 1.82) is 0 Å². The molecule has 0 aliphatic carbocycles. The Bertz CT molecular complexity index is 871. The number of rotatable bonds is 5. The molecule has 3 rings (SSSR count). The second-order valence-corrected chi connectivity index (χ2v) is 6.56. The van der Waals surface area contributed by atoms with E-state index in [-0.39, 0.29) is 0 Å². The molecule has 0 spiro atoms. The summed E-state index contributed by atoms with van der Waals surface area (Å²) in [5.74, 6) is 1.57. The lowest BCUT2D eigenvalue weighted by molar-refractivity contribution is 0.481. The zero-order valence-electron chi connectivity index (χ0n) is 14.0. The topological polar surface area (TPSA) is 9.23 Å². The highest BCUT2D eigenvalue weighted by Gasteiger charge is 2.12. The Morgan fingerprint density at radius 1 is 0.800 bits per heavy atom. The van der Waals surface area contributed by atoms with E-state index in [1.807, 2.05) is 66.7 Å². The van der Waals surface area contributed by atoms with E-state index >= 15 is 0 Å². The van der Waals surface area contributed by atoms with Gasteiger partial charge in [-0.05, 0) is 41.8 Å². The first-order chi connectivity index (χ1) is 12.2. The van der Waals surface area contributed by atoms with Gasteiger partial charge in [0.15, 0.2) is 0 Å². The fourth-order valence-electron chi connectivity index (χ4n) is 2.55. The van der Waals surface area contributed by atoms with Crippen LogP contribution in [-0.2, 0) is 6.42 Å². The smallest absolute Gasteiger partial charge is 0.135 e. The highest BCUT2D eigenvalue weighted by Crippen LogP contribution is 2.38. The maximum atomic E-state index is 6.10. The van der Waals surface area contributed by atoms with E-state index in [1.54, 1.807) is 0 Å². The van der Waals surface area contributed by atoms with Gasteiger partial charge in [-0.2, -0.15) is 0 Å². The van der Waals surface area contributed by atoms with Gasteiger partial charge < -0.3 is 4.74 Å². The quantitative estimate of drug-likeness (QED) is 0.377. The fraction of sp³-hybridized carbons (Fsp3) is 0.0909. The molecule has 0 saturated carbocycles. The summed E-state index contributed by atoms with van der Waals surface area (Å²) in [5.41, 5.74) is 3.21. The van der Waals surface area contributed by atoms with E-state index < -0.39 is 0 Å². The molecule has 0 aliphatic rings. The summed E-state index contributed by atoms with van der Waals surface area (Å²) in [6, 6.07) is 26.0. The molecular weight excluding hydrogens is 344 g/mol. The zero-order chi connectivity index (χ0) is 17.6. The van der Waals surface area contributed by atoms with Crippen LogP contribution in [0, 0.1) is 0 Å². The molecule has 3 aromatic carbocycles. The van der Waals surface area contributed by atoms with Crippen LogP contribution in [0.3, 0.4) is 0 Å². The molecule has 0 saturated heterocycles. The Hall–Kier alpha value is -2.10. The van der Waals surface area contributed by atoms with E-state index in [0.29, 0.717) is 0 Å². The second kappa shape index (κ2) is 8.32. The van der Waals surface area contributed by atoms with Crippen LogP contribution in [0.4, 0.5) is 0 Å². The minimum atomic E-state index is 0.774. The van der Waals surface area contributed by atoms with Crippen molar-refractivity contribution in [3.05, 3.63) is 95.6 Å². The van der Waals surface area contributed by atoms with Gasteiger partial charge >= 0.3 is 0 Å². The van der Waals surface area contributed by atoms with Crippen LogP contribution in [0.15, 0.2) is 78.9 Å². The first-order valence-corrected chi connectivity index (χ1v) is 9.12. The van der Waals surface area contributed by atoms with Crippen molar-refractivity contribution in [2.75, 3.05) is 0 Å². The van der Waals surface area contributed by atoms with Gasteiger partial charge in [0.05, 0.1) is 0 Å². The normalized spacial score (nSPS) is 11.8. The van der Waals surface area contributed by atoms with Gasteiger partial charge in [0.25, 0.3) is 0 Å². The minimum absolute atomic E-state index is 0.774. The third kappa shape index (κ3) is 4.30. The maximum Gasteiger partial charge on any atom is 0.135 e. The summed E-state index contributed by atoms with van der Waals surface area (Å²) in [4.78, 5) is 1.63. The molecule has 0 bridgehead atoms. The van der Waals surface area contributed by atoms with Gasteiger partial charge in [-0.1, -0.05) is 61.5 Å². The monoisotopic (exact) mass is 364 g/mol. The van der Waals surface area contributed by atoms with Crippen molar-refractivity contribution in [3.8, 4) is 11.5 Å². The van der Waals surface area contributed by atoms with Crippen molar-refractivity contribution in [3.63, 3.8) is 0 Å². The molecular formula is C22H20OS2. The molecule has 0 heterocycles. The molecule has 1 nitrogen and oxygen atoms in total. The van der Waals surface area contributed by atoms with Crippen molar-refractivity contribution in [2.24, 2.45) is 0 Å². The van der Waals surface area contributed by atoms with E-state index in [9.17, 15) is 0 Å². The molecule has 0 unspecified atom stereocenters. The Morgan fingerprint density at radius 3 is 2.08 bits per heavy atom. The van der Waals surface area contributed by atoms with Crippen molar-refractivity contribution >= 4 is 35.1 Å². The summed E-state index contributed by atoms with van der Waals surface area (Å²) in [7, 11) is 0. The van der Waals surface area contributed by atoms with Crippen molar-refractivity contribution in [2.45, 2.75) is 13.3 Å². The highest BCUT2D eigenvalue weighted by molar-refractivity contribution is 7.96. The Kier molecular flexibility index (Phi) is 5.90. The molecule has 0 aromatic heterocycles. The van der Waals surface area contributed by atoms with Crippen LogP contribution in [0.5, 0.6) is 11.5 Å². The number of hydrogen-bond acceptors (Lipinski definition) is 3. The predicted molar refractivity (Wildman–Crippen MR) is 114 cm³/mol. The third-order valence-corrected chi connectivity index (χ3v) is 5.07. The summed E-state index contributed by atoms with van der Waals surface area (Å²) in [5, 5.41) is 0. The number of aryl methyl sites for hydroxylation is 1. The van der Waals surface area contributed by atoms with E-state index in [1.165, 1.54) is 5.56 Å². The Morgan fingerprint density at radius 2 is 1.44 bits per heavy atom.